The van der Waals surface area contributed by atoms with Crippen LogP contribution in [0.4, 0.5) is 5.69 Å². The van der Waals surface area contributed by atoms with Crippen LogP contribution in [0.2, 0.25) is 0 Å². The molecule has 2 unspecified atom stereocenters. The van der Waals surface area contributed by atoms with Gasteiger partial charge in [0.1, 0.15) is 29.3 Å². The molecule has 3 fully saturated rings. The Bertz CT molecular complexity index is 1770. The monoisotopic (exact) mass is 700 g/mol. The van der Waals surface area contributed by atoms with Crippen molar-refractivity contribution in [2.24, 2.45) is 0 Å². The first-order chi connectivity index (χ1) is 24.7. The molecule has 6 rings (SSSR count). The average Bonchev–Trinajstić information content (AvgIpc) is 3.64. The number of carboxylic acids is 1. The minimum atomic E-state index is -1.10. The summed E-state index contributed by atoms with van der Waals surface area (Å²) < 4.78 is 11.3. The van der Waals surface area contributed by atoms with Gasteiger partial charge in [0.25, 0.3) is 11.8 Å². The maximum Gasteiger partial charge on any atom is 0.303 e. The molecule has 51 heavy (non-hydrogen) atoms. The Labute approximate surface area is 296 Å². The third-order valence-electron chi connectivity index (χ3n) is 9.85. The zero-order valence-electron chi connectivity index (χ0n) is 28.7. The second kappa shape index (κ2) is 16.1. The van der Waals surface area contributed by atoms with Crippen LogP contribution in [-0.2, 0) is 19.2 Å². The third-order valence-corrected chi connectivity index (χ3v) is 9.85. The molecule has 2 aromatic carbocycles. The Morgan fingerprint density at radius 2 is 1.73 bits per heavy atom. The van der Waals surface area contributed by atoms with Gasteiger partial charge in [-0.25, -0.2) is 4.98 Å². The standard InChI is InChI=1S/C37H44N6O8/c1-50-26-10-5-9-25(21-26)41-17-19-42(20-18-41)37(49)29(14-15-34(45)46)40-35(47)30-22-32(27-11-2-3-12-28(27)39-30)51-23-33(44)43-16-6-13-31(43)36(48)38-24-7-4-8-24/h2-3,5,9-12,21-22,24,29,31H,4,6-8,13-20,23H2,1H3,(H,38,48)(H,40,47)(H,45,46). The van der Waals surface area contributed by atoms with E-state index in [4.69, 9.17) is 9.47 Å². The van der Waals surface area contributed by atoms with Crippen molar-refractivity contribution >= 4 is 46.2 Å². The van der Waals surface area contributed by atoms with Crippen LogP contribution in [0, 0.1) is 0 Å². The molecule has 3 N–H and O–H groups in total. The number of amides is 4. The average molecular weight is 701 g/mol. The van der Waals surface area contributed by atoms with Gasteiger partial charge in [-0.3, -0.25) is 24.0 Å². The molecule has 3 aromatic rings. The molecule has 2 aliphatic heterocycles. The number of nitrogens with one attached hydrogen (secondary N) is 2. The van der Waals surface area contributed by atoms with Gasteiger partial charge >= 0.3 is 5.97 Å². The molecule has 14 nitrogen and oxygen atoms in total. The summed E-state index contributed by atoms with van der Waals surface area (Å²) in [4.78, 5) is 74.9. The van der Waals surface area contributed by atoms with Gasteiger partial charge in [-0.2, -0.15) is 0 Å². The van der Waals surface area contributed by atoms with Crippen molar-refractivity contribution in [3.63, 3.8) is 0 Å². The Morgan fingerprint density at radius 3 is 2.45 bits per heavy atom. The molecule has 4 amide bonds. The Kier molecular flexibility index (Phi) is 11.2. The summed E-state index contributed by atoms with van der Waals surface area (Å²) >= 11 is 0. The van der Waals surface area contributed by atoms with Gasteiger partial charge in [-0.1, -0.05) is 18.2 Å². The number of benzene rings is 2. The Morgan fingerprint density at radius 1 is 0.941 bits per heavy atom. The van der Waals surface area contributed by atoms with E-state index in [1.807, 2.05) is 24.3 Å². The summed E-state index contributed by atoms with van der Waals surface area (Å²) in [5.74, 6) is -1.63. The lowest BCUT2D eigenvalue weighted by Crippen LogP contribution is -2.55. The molecule has 2 saturated heterocycles. The molecule has 1 aromatic heterocycles. The maximum atomic E-state index is 13.7. The van der Waals surface area contributed by atoms with Crippen molar-refractivity contribution in [3.8, 4) is 11.5 Å². The second-order valence-corrected chi connectivity index (χ2v) is 13.2. The van der Waals surface area contributed by atoms with Crippen molar-refractivity contribution in [2.45, 2.75) is 63.1 Å². The van der Waals surface area contributed by atoms with E-state index in [2.05, 4.69) is 20.5 Å². The van der Waals surface area contributed by atoms with E-state index < -0.39 is 24.0 Å². The number of nitrogens with zero attached hydrogens (tertiary/aromatic N) is 4. The van der Waals surface area contributed by atoms with E-state index in [0.717, 1.165) is 37.1 Å². The second-order valence-electron chi connectivity index (χ2n) is 13.2. The minimum Gasteiger partial charge on any atom is -0.497 e. The van der Waals surface area contributed by atoms with Crippen LogP contribution in [-0.4, -0.2) is 114 Å². The first kappa shape index (κ1) is 35.4. The molecule has 1 aliphatic carbocycles. The summed E-state index contributed by atoms with van der Waals surface area (Å²) in [6.45, 7) is 1.98. The summed E-state index contributed by atoms with van der Waals surface area (Å²) in [6, 6.07) is 14.6. The normalized spacial score (nSPS) is 18.1. The number of rotatable bonds is 13. The summed E-state index contributed by atoms with van der Waals surface area (Å²) in [5, 5.41) is 15.8. The molecule has 2 atom stereocenters. The molecule has 0 bridgehead atoms. The van der Waals surface area contributed by atoms with E-state index in [1.165, 1.54) is 6.07 Å². The number of ether oxygens (including phenoxy) is 2. The van der Waals surface area contributed by atoms with Gasteiger partial charge in [0.05, 0.1) is 12.6 Å². The number of para-hydroxylation sites is 1. The lowest BCUT2D eigenvalue weighted by Gasteiger charge is -2.37. The number of fused-ring (bicyclic) bond motifs is 1. The number of carbonyl (C=O) groups excluding carboxylic acids is 4. The molecular formula is C37H44N6O8. The van der Waals surface area contributed by atoms with Crippen LogP contribution in [0.15, 0.2) is 54.6 Å². The smallest absolute Gasteiger partial charge is 0.303 e. The molecule has 3 aliphatic rings. The summed E-state index contributed by atoms with van der Waals surface area (Å²) in [5.41, 5.74) is 1.36. The van der Waals surface area contributed by atoms with E-state index in [1.54, 1.807) is 41.2 Å². The van der Waals surface area contributed by atoms with Crippen molar-refractivity contribution in [2.75, 3.05) is 51.3 Å². The lowest BCUT2D eigenvalue weighted by molar-refractivity contribution is -0.140. The number of hydrogen-bond acceptors (Lipinski definition) is 9. The van der Waals surface area contributed by atoms with Gasteiger partial charge in [0.2, 0.25) is 11.8 Å². The molecule has 0 spiro atoms. The molecule has 0 radical (unpaired) electrons. The van der Waals surface area contributed by atoms with Crippen LogP contribution >= 0.6 is 0 Å². The summed E-state index contributed by atoms with van der Waals surface area (Å²) in [7, 11) is 1.60. The fraction of sp³-hybridized carbons (Fsp3) is 0.459. The highest BCUT2D eigenvalue weighted by molar-refractivity contribution is 5.99. The van der Waals surface area contributed by atoms with Crippen molar-refractivity contribution in [1.29, 1.82) is 0 Å². The predicted molar refractivity (Wildman–Crippen MR) is 188 cm³/mol. The third kappa shape index (κ3) is 8.50. The summed E-state index contributed by atoms with van der Waals surface area (Å²) in [6.07, 6.45) is 3.89. The fourth-order valence-corrected chi connectivity index (χ4v) is 6.76. The van der Waals surface area contributed by atoms with Gasteiger partial charge in [0, 0.05) is 68.4 Å². The number of aromatic nitrogens is 1. The van der Waals surface area contributed by atoms with Gasteiger partial charge in [0.15, 0.2) is 6.61 Å². The van der Waals surface area contributed by atoms with Gasteiger partial charge in [-0.05, 0) is 62.8 Å². The van der Waals surface area contributed by atoms with Crippen LogP contribution in [0.3, 0.4) is 0 Å². The van der Waals surface area contributed by atoms with Crippen LogP contribution in [0.1, 0.15) is 55.4 Å². The van der Waals surface area contributed by atoms with Gasteiger partial charge in [-0.15, -0.1) is 0 Å². The Hall–Kier alpha value is -5.40. The number of piperazine rings is 1. The molecule has 270 valence electrons. The van der Waals surface area contributed by atoms with Gasteiger partial charge < -0.3 is 39.9 Å². The first-order valence-corrected chi connectivity index (χ1v) is 17.5. The maximum absolute atomic E-state index is 13.7. The van der Waals surface area contributed by atoms with E-state index in [0.29, 0.717) is 50.0 Å². The number of carboxylic acid groups (broad SMARTS) is 1. The van der Waals surface area contributed by atoms with E-state index >= 15 is 0 Å². The largest absolute Gasteiger partial charge is 0.497 e. The number of pyridine rings is 1. The van der Waals surface area contributed by atoms with Crippen molar-refractivity contribution < 1.29 is 38.6 Å². The van der Waals surface area contributed by atoms with Crippen LogP contribution < -0.4 is 25.0 Å². The quantitative estimate of drug-likeness (QED) is 0.241. The molecular weight excluding hydrogens is 656 g/mol. The first-order valence-electron chi connectivity index (χ1n) is 17.5. The van der Waals surface area contributed by atoms with Crippen molar-refractivity contribution in [1.82, 2.24) is 25.4 Å². The minimum absolute atomic E-state index is 0.0500. The Balaban J connectivity index is 1.13. The van der Waals surface area contributed by atoms with Crippen LogP contribution in [0.25, 0.3) is 10.9 Å². The number of hydrogen-bond donors (Lipinski definition) is 3. The van der Waals surface area contributed by atoms with E-state index in [9.17, 15) is 29.1 Å². The number of methoxy groups -OCH3 is 1. The predicted octanol–water partition coefficient (Wildman–Crippen LogP) is 2.59. The number of aliphatic carboxylic acids is 1. The number of likely N-dealkylation sites (tertiary alicyclic amines) is 1. The van der Waals surface area contributed by atoms with E-state index in [-0.39, 0.29) is 54.7 Å². The zero-order valence-corrected chi connectivity index (χ0v) is 28.7. The highest BCUT2D eigenvalue weighted by Gasteiger charge is 2.36. The topological polar surface area (TPSA) is 171 Å². The highest BCUT2D eigenvalue weighted by atomic mass is 16.5. The SMILES string of the molecule is COc1cccc(N2CCN(C(=O)C(CCC(=O)O)NC(=O)c3cc(OCC(=O)N4CCCC4C(=O)NC4CCC4)c4ccccc4n3)CC2)c1. The lowest BCUT2D eigenvalue weighted by atomic mass is 9.93. The molecule has 14 heteroatoms. The number of anilines is 1. The number of carbonyl (C=O) groups is 5. The van der Waals surface area contributed by atoms with Crippen LogP contribution in [0.5, 0.6) is 11.5 Å². The molecule has 3 heterocycles. The highest BCUT2D eigenvalue weighted by Crippen LogP contribution is 2.27. The zero-order chi connectivity index (χ0) is 35.9. The van der Waals surface area contributed by atoms with Crippen molar-refractivity contribution in [3.05, 3.63) is 60.3 Å². The fourth-order valence-electron chi connectivity index (χ4n) is 6.76. The molecule has 1 saturated carbocycles.